The zero-order valence-electron chi connectivity index (χ0n) is 15.2. The minimum atomic E-state index is -0.0139. The largest absolute Gasteiger partial charge is 0.497 e. The highest BCUT2D eigenvalue weighted by Gasteiger charge is 2.27. The van der Waals surface area contributed by atoms with Crippen molar-refractivity contribution in [1.29, 1.82) is 0 Å². The van der Waals surface area contributed by atoms with Gasteiger partial charge in [-0.1, -0.05) is 24.3 Å². The van der Waals surface area contributed by atoms with Gasteiger partial charge in [-0.25, -0.2) is 4.98 Å². The highest BCUT2D eigenvalue weighted by Crippen LogP contribution is 2.34. The van der Waals surface area contributed by atoms with E-state index in [2.05, 4.69) is 22.0 Å². The van der Waals surface area contributed by atoms with E-state index in [-0.39, 0.29) is 5.56 Å². The standard InChI is InChI=1S/C21H23N3O2/c1-23-20-10-4-3-9-17(20)22-18(21(23)25)14-24-12-6-11-19(24)15-7-5-8-16(13-15)26-2/h3-5,7-10,13,19H,6,11-12,14H2,1-2H3/t19-/m0/s1. The fourth-order valence-electron chi connectivity index (χ4n) is 3.88. The Morgan fingerprint density at radius 3 is 2.88 bits per heavy atom. The predicted octanol–water partition coefficient (Wildman–Crippen LogP) is 3.28. The van der Waals surface area contributed by atoms with Crippen LogP contribution in [0.3, 0.4) is 0 Å². The minimum absolute atomic E-state index is 0.0139. The lowest BCUT2D eigenvalue weighted by atomic mass is 10.0. The summed E-state index contributed by atoms with van der Waals surface area (Å²) in [5.74, 6) is 0.870. The van der Waals surface area contributed by atoms with Crippen LogP contribution in [0.1, 0.15) is 30.1 Å². The van der Waals surface area contributed by atoms with E-state index < -0.39 is 0 Å². The molecule has 0 saturated carbocycles. The van der Waals surface area contributed by atoms with Crippen LogP contribution in [0.4, 0.5) is 0 Å². The summed E-state index contributed by atoms with van der Waals surface area (Å²) >= 11 is 0. The van der Waals surface area contributed by atoms with Crippen LogP contribution in [-0.2, 0) is 13.6 Å². The predicted molar refractivity (Wildman–Crippen MR) is 102 cm³/mol. The quantitative estimate of drug-likeness (QED) is 0.725. The van der Waals surface area contributed by atoms with Crippen molar-refractivity contribution in [3.8, 4) is 5.75 Å². The maximum Gasteiger partial charge on any atom is 0.273 e. The lowest BCUT2D eigenvalue weighted by Crippen LogP contribution is -2.30. The highest BCUT2D eigenvalue weighted by molar-refractivity contribution is 5.74. The summed E-state index contributed by atoms with van der Waals surface area (Å²) in [4.78, 5) is 19.8. The smallest absolute Gasteiger partial charge is 0.273 e. The Labute approximate surface area is 152 Å². The van der Waals surface area contributed by atoms with E-state index in [0.29, 0.717) is 18.3 Å². The Balaban J connectivity index is 1.67. The Hall–Kier alpha value is -2.66. The van der Waals surface area contributed by atoms with Crippen LogP contribution >= 0.6 is 0 Å². The Morgan fingerprint density at radius 2 is 2.04 bits per heavy atom. The zero-order valence-corrected chi connectivity index (χ0v) is 15.2. The average molecular weight is 349 g/mol. The molecule has 1 fully saturated rings. The van der Waals surface area contributed by atoms with Crippen LogP contribution in [0.25, 0.3) is 11.0 Å². The SMILES string of the molecule is COc1cccc([C@@H]2CCCN2Cc2nc3ccccc3n(C)c2=O)c1. The van der Waals surface area contributed by atoms with Crippen molar-refractivity contribution in [2.45, 2.75) is 25.4 Å². The minimum Gasteiger partial charge on any atom is -0.497 e. The molecule has 3 aromatic rings. The van der Waals surface area contributed by atoms with E-state index >= 15 is 0 Å². The van der Waals surface area contributed by atoms with Crippen molar-refractivity contribution in [3.63, 3.8) is 0 Å². The first-order chi connectivity index (χ1) is 12.7. The molecule has 0 bridgehead atoms. The van der Waals surface area contributed by atoms with Gasteiger partial charge in [-0.3, -0.25) is 9.69 Å². The van der Waals surface area contributed by atoms with Crippen LogP contribution in [0.5, 0.6) is 5.75 Å². The van der Waals surface area contributed by atoms with E-state index in [1.54, 1.807) is 11.7 Å². The van der Waals surface area contributed by atoms with Gasteiger partial charge >= 0.3 is 0 Å². The second-order valence-corrected chi connectivity index (χ2v) is 6.82. The average Bonchev–Trinajstić information content (AvgIpc) is 3.14. The summed E-state index contributed by atoms with van der Waals surface area (Å²) in [6.07, 6.45) is 2.21. The van der Waals surface area contributed by atoms with E-state index in [9.17, 15) is 4.79 Å². The summed E-state index contributed by atoms with van der Waals surface area (Å²) in [7, 11) is 3.51. The molecule has 0 N–H and O–H groups in total. The lowest BCUT2D eigenvalue weighted by molar-refractivity contribution is 0.244. The van der Waals surface area contributed by atoms with Crippen molar-refractivity contribution >= 4 is 11.0 Å². The summed E-state index contributed by atoms with van der Waals surface area (Å²) in [5, 5.41) is 0. The second-order valence-electron chi connectivity index (χ2n) is 6.82. The fraction of sp³-hybridized carbons (Fsp3) is 0.333. The maximum atomic E-state index is 12.8. The molecular formula is C21H23N3O2. The summed E-state index contributed by atoms with van der Waals surface area (Å²) < 4.78 is 7.07. The van der Waals surface area contributed by atoms with Crippen molar-refractivity contribution in [2.75, 3.05) is 13.7 Å². The van der Waals surface area contributed by atoms with Gasteiger partial charge in [0.15, 0.2) is 0 Å². The van der Waals surface area contributed by atoms with Gasteiger partial charge < -0.3 is 9.30 Å². The first-order valence-electron chi connectivity index (χ1n) is 9.00. The number of likely N-dealkylation sites (tertiary alicyclic amines) is 1. The van der Waals surface area contributed by atoms with Gasteiger partial charge in [0, 0.05) is 19.6 Å². The molecule has 1 aliphatic heterocycles. The first kappa shape index (κ1) is 16.8. The van der Waals surface area contributed by atoms with Crippen LogP contribution in [0.15, 0.2) is 53.3 Å². The lowest BCUT2D eigenvalue weighted by Gasteiger charge is -2.25. The number of nitrogens with zero attached hydrogens (tertiary/aromatic N) is 3. The third-order valence-electron chi connectivity index (χ3n) is 5.25. The van der Waals surface area contributed by atoms with Crippen LogP contribution < -0.4 is 10.3 Å². The number of aryl methyl sites for hydroxylation is 1. The molecular weight excluding hydrogens is 326 g/mol. The van der Waals surface area contributed by atoms with Gasteiger partial charge in [0.2, 0.25) is 0 Å². The van der Waals surface area contributed by atoms with Gasteiger partial charge in [0.05, 0.1) is 18.1 Å². The molecule has 1 aromatic heterocycles. The molecule has 0 unspecified atom stereocenters. The molecule has 2 aromatic carbocycles. The normalized spacial score (nSPS) is 17.7. The molecule has 5 nitrogen and oxygen atoms in total. The molecule has 0 spiro atoms. The summed E-state index contributed by atoms with van der Waals surface area (Å²) in [6.45, 7) is 1.54. The number of methoxy groups -OCH3 is 1. The van der Waals surface area contributed by atoms with E-state index in [1.165, 1.54) is 5.56 Å². The van der Waals surface area contributed by atoms with Crippen molar-refractivity contribution in [1.82, 2.24) is 14.5 Å². The third-order valence-corrected chi connectivity index (χ3v) is 5.25. The van der Waals surface area contributed by atoms with E-state index in [1.807, 2.05) is 43.4 Å². The monoisotopic (exact) mass is 349 g/mol. The number of fused-ring (bicyclic) bond motifs is 1. The van der Waals surface area contributed by atoms with Crippen molar-refractivity contribution in [2.24, 2.45) is 7.05 Å². The molecule has 26 heavy (non-hydrogen) atoms. The van der Waals surface area contributed by atoms with Gasteiger partial charge in [-0.2, -0.15) is 0 Å². The Morgan fingerprint density at radius 1 is 1.19 bits per heavy atom. The number of benzene rings is 2. The molecule has 5 heteroatoms. The van der Waals surface area contributed by atoms with Gasteiger partial charge in [0.1, 0.15) is 11.4 Å². The number of para-hydroxylation sites is 2. The Bertz CT molecular complexity index is 996. The van der Waals surface area contributed by atoms with Gasteiger partial charge in [0.25, 0.3) is 5.56 Å². The molecule has 1 saturated heterocycles. The number of rotatable bonds is 4. The molecule has 0 amide bonds. The number of hydrogen-bond acceptors (Lipinski definition) is 4. The van der Waals surface area contributed by atoms with Crippen LogP contribution in [-0.4, -0.2) is 28.1 Å². The first-order valence-corrected chi connectivity index (χ1v) is 9.00. The van der Waals surface area contributed by atoms with Gasteiger partial charge in [-0.05, 0) is 49.2 Å². The second kappa shape index (κ2) is 6.92. The van der Waals surface area contributed by atoms with E-state index in [0.717, 1.165) is 36.2 Å². The summed E-state index contributed by atoms with van der Waals surface area (Å²) in [5.41, 5.74) is 3.56. The summed E-state index contributed by atoms with van der Waals surface area (Å²) in [6, 6.07) is 16.3. The number of aromatic nitrogens is 2. The van der Waals surface area contributed by atoms with Crippen LogP contribution in [0, 0.1) is 0 Å². The molecule has 134 valence electrons. The highest BCUT2D eigenvalue weighted by atomic mass is 16.5. The molecule has 2 heterocycles. The van der Waals surface area contributed by atoms with Gasteiger partial charge in [-0.15, -0.1) is 0 Å². The van der Waals surface area contributed by atoms with Crippen molar-refractivity contribution < 1.29 is 4.74 Å². The third kappa shape index (κ3) is 2.99. The number of hydrogen-bond donors (Lipinski definition) is 0. The fourth-order valence-corrected chi connectivity index (χ4v) is 3.88. The molecule has 0 radical (unpaired) electrons. The van der Waals surface area contributed by atoms with E-state index in [4.69, 9.17) is 4.74 Å². The molecule has 4 rings (SSSR count). The van der Waals surface area contributed by atoms with Crippen molar-refractivity contribution in [3.05, 3.63) is 70.1 Å². The molecule has 0 aliphatic carbocycles. The van der Waals surface area contributed by atoms with Crippen LogP contribution in [0.2, 0.25) is 0 Å². The molecule has 1 aliphatic rings. The molecule has 1 atom stereocenters. The zero-order chi connectivity index (χ0) is 18.1. The number of ether oxygens (including phenoxy) is 1. The topological polar surface area (TPSA) is 47.4 Å². The maximum absolute atomic E-state index is 12.8. The Kier molecular flexibility index (Phi) is 4.47.